The molecule has 3 rings (SSSR count). The van der Waals surface area contributed by atoms with E-state index in [9.17, 15) is 10.1 Å². The Labute approximate surface area is 134 Å². The van der Waals surface area contributed by atoms with Crippen molar-refractivity contribution >= 4 is 23.3 Å². The van der Waals surface area contributed by atoms with Crippen molar-refractivity contribution in [2.24, 2.45) is 0 Å². The smallest absolute Gasteiger partial charge is 0.320 e. The Hall–Kier alpha value is -2.82. The lowest BCUT2D eigenvalue weighted by atomic mass is 10.2. The van der Waals surface area contributed by atoms with Gasteiger partial charge in [-0.1, -0.05) is 6.92 Å². The summed E-state index contributed by atoms with van der Waals surface area (Å²) < 4.78 is 1.71. The molecule has 0 saturated carbocycles. The average Bonchev–Trinajstić information content (AvgIpc) is 3.17. The van der Waals surface area contributed by atoms with Crippen molar-refractivity contribution < 1.29 is 4.79 Å². The van der Waals surface area contributed by atoms with E-state index in [4.69, 9.17) is 0 Å². The molecule has 8 heteroatoms. The molecule has 0 aliphatic carbocycles. The van der Waals surface area contributed by atoms with Crippen molar-refractivity contribution in [1.82, 2.24) is 19.9 Å². The third-order valence-electron chi connectivity index (χ3n) is 4.30. The van der Waals surface area contributed by atoms with Gasteiger partial charge < -0.3 is 10.2 Å². The molecule has 0 spiro atoms. The molecule has 0 fully saturated rings. The van der Waals surface area contributed by atoms with Gasteiger partial charge in [-0.3, -0.25) is 5.32 Å². The van der Waals surface area contributed by atoms with E-state index < -0.39 is 0 Å². The summed E-state index contributed by atoms with van der Waals surface area (Å²) in [6, 6.07) is 2.11. The van der Waals surface area contributed by atoms with Crippen LogP contribution in [0.1, 0.15) is 31.4 Å². The number of urea groups is 1. The summed E-state index contributed by atoms with van der Waals surface area (Å²) in [4.78, 5) is 18.4. The summed E-state index contributed by atoms with van der Waals surface area (Å²) in [6.07, 6.45) is 3.29. The molecule has 1 aliphatic heterocycles. The Bertz CT molecular complexity index is 804. The second kappa shape index (κ2) is 5.76. The predicted octanol–water partition coefficient (Wildman–Crippen LogP) is 1.51. The maximum Gasteiger partial charge on any atom is 0.320 e. The zero-order valence-electron chi connectivity index (χ0n) is 13.4. The van der Waals surface area contributed by atoms with E-state index in [1.165, 1.54) is 6.20 Å². The molecule has 1 atom stereocenters. The second-order valence-electron chi connectivity index (χ2n) is 5.57. The van der Waals surface area contributed by atoms with Crippen LogP contribution in [0.2, 0.25) is 0 Å². The first-order chi connectivity index (χ1) is 11.1. The minimum atomic E-state index is -0.330. The van der Waals surface area contributed by atoms with E-state index in [1.807, 2.05) is 0 Å². The lowest BCUT2D eigenvalue weighted by Gasteiger charge is -2.26. The number of hydrogen-bond acceptors (Lipinski definition) is 5. The standard InChI is InChI=1S/C15H19N7O/c1-4-9(2)21-6-5-11-12(20-15(23)17-3)19-13-10(7-16)8-18-22(13)14(11)21/h8-9H,4-6H2,1-3H3,(H2,17,19,20,23). The molecule has 1 aliphatic rings. The molecular formula is C15H19N7O. The van der Waals surface area contributed by atoms with Crippen LogP contribution in [0, 0.1) is 11.3 Å². The number of anilines is 2. The van der Waals surface area contributed by atoms with Gasteiger partial charge in [0.1, 0.15) is 23.3 Å². The topological polar surface area (TPSA) is 98.4 Å². The van der Waals surface area contributed by atoms with Crippen molar-refractivity contribution in [3.63, 3.8) is 0 Å². The van der Waals surface area contributed by atoms with E-state index >= 15 is 0 Å². The summed E-state index contributed by atoms with van der Waals surface area (Å²) in [5.41, 5.74) is 1.81. The number of fused-ring (bicyclic) bond motifs is 3. The minimum Gasteiger partial charge on any atom is -0.353 e. The Kier molecular flexibility index (Phi) is 3.78. The van der Waals surface area contributed by atoms with Crippen LogP contribution in [0.3, 0.4) is 0 Å². The molecule has 0 aromatic carbocycles. The Morgan fingerprint density at radius 3 is 3.00 bits per heavy atom. The number of rotatable bonds is 3. The summed E-state index contributed by atoms with van der Waals surface area (Å²) in [5, 5.41) is 18.9. The highest BCUT2D eigenvalue weighted by atomic mass is 16.2. The SMILES string of the molecule is CCC(C)N1CCc2c(NC(=O)NC)nc3c(C#N)cnn3c21. The third kappa shape index (κ3) is 2.34. The Morgan fingerprint density at radius 1 is 1.57 bits per heavy atom. The van der Waals surface area contributed by atoms with Crippen LogP contribution in [0.4, 0.5) is 16.4 Å². The minimum absolute atomic E-state index is 0.330. The molecular weight excluding hydrogens is 294 g/mol. The molecule has 2 aromatic heterocycles. The summed E-state index contributed by atoms with van der Waals surface area (Å²) in [6.45, 7) is 5.13. The van der Waals surface area contributed by atoms with Gasteiger partial charge in [0.15, 0.2) is 5.65 Å². The summed E-state index contributed by atoms with van der Waals surface area (Å²) in [5.74, 6) is 1.41. The number of carbonyl (C=O) groups is 1. The van der Waals surface area contributed by atoms with Crippen LogP contribution < -0.4 is 15.5 Å². The highest BCUT2D eigenvalue weighted by molar-refractivity contribution is 5.90. The van der Waals surface area contributed by atoms with Crippen LogP contribution in [0.15, 0.2) is 6.20 Å². The molecule has 3 heterocycles. The number of nitrogens with zero attached hydrogens (tertiary/aromatic N) is 5. The Balaban J connectivity index is 2.22. The van der Waals surface area contributed by atoms with Crippen LogP contribution in [0.5, 0.6) is 0 Å². The fourth-order valence-electron chi connectivity index (χ4n) is 2.88. The van der Waals surface area contributed by atoms with Gasteiger partial charge in [0, 0.05) is 25.2 Å². The molecule has 2 aromatic rings. The fraction of sp³-hybridized carbons (Fsp3) is 0.467. The molecule has 120 valence electrons. The first-order valence-electron chi connectivity index (χ1n) is 7.66. The zero-order chi connectivity index (χ0) is 16.6. The van der Waals surface area contributed by atoms with Crippen LogP contribution in [0.25, 0.3) is 5.65 Å². The summed E-state index contributed by atoms with van der Waals surface area (Å²) >= 11 is 0. The normalized spacial score (nSPS) is 14.4. The van der Waals surface area contributed by atoms with Gasteiger partial charge in [-0.25, -0.2) is 9.78 Å². The summed E-state index contributed by atoms with van der Waals surface area (Å²) in [7, 11) is 1.55. The quantitative estimate of drug-likeness (QED) is 0.895. The largest absolute Gasteiger partial charge is 0.353 e. The average molecular weight is 313 g/mol. The first-order valence-corrected chi connectivity index (χ1v) is 7.66. The Morgan fingerprint density at radius 2 is 2.35 bits per heavy atom. The van der Waals surface area contributed by atoms with E-state index in [1.54, 1.807) is 11.6 Å². The van der Waals surface area contributed by atoms with Gasteiger partial charge >= 0.3 is 6.03 Å². The number of aromatic nitrogens is 3. The molecule has 8 nitrogen and oxygen atoms in total. The van der Waals surface area contributed by atoms with Crippen LogP contribution >= 0.6 is 0 Å². The van der Waals surface area contributed by atoms with Gasteiger partial charge in [-0.05, 0) is 19.8 Å². The van der Waals surface area contributed by atoms with Crippen LogP contribution in [-0.4, -0.2) is 40.3 Å². The number of amides is 2. The van der Waals surface area contributed by atoms with E-state index in [0.717, 1.165) is 30.8 Å². The maximum atomic E-state index is 11.7. The van der Waals surface area contributed by atoms with Gasteiger partial charge in [-0.15, -0.1) is 0 Å². The number of nitrogens with one attached hydrogen (secondary N) is 2. The molecule has 0 radical (unpaired) electrons. The zero-order valence-corrected chi connectivity index (χ0v) is 13.4. The predicted molar refractivity (Wildman–Crippen MR) is 86.6 cm³/mol. The second-order valence-corrected chi connectivity index (χ2v) is 5.57. The van der Waals surface area contributed by atoms with E-state index in [2.05, 4.69) is 45.5 Å². The molecule has 23 heavy (non-hydrogen) atoms. The molecule has 0 bridgehead atoms. The van der Waals surface area contributed by atoms with E-state index in [0.29, 0.717) is 23.1 Å². The van der Waals surface area contributed by atoms with Crippen molar-refractivity contribution in [2.75, 3.05) is 23.8 Å². The number of nitriles is 1. The van der Waals surface area contributed by atoms with Gasteiger partial charge in [-0.2, -0.15) is 14.9 Å². The van der Waals surface area contributed by atoms with Crippen molar-refractivity contribution in [3.05, 3.63) is 17.3 Å². The van der Waals surface area contributed by atoms with Gasteiger partial charge in [0.25, 0.3) is 0 Å². The molecule has 1 unspecified atom stereocenters. The number of hydrogen-bond donors (Lipinski definition) is 2. The lowest BCUT2D eigenvalue weighted by Crippen LogP contribution is -2.32. The third-order valence-corrected chi connectivity index (χ3v) is 4.30. The fourth-order valence-corrected chi connectivity index (χ4v) is 2.88. The monoisotopic (exact) mass is 313 g/mol. The van der Waals surface area contributed by atoms with Crippen molar-refractivity contribution in [2.45, 2.75) is 32.7 Å². The van der Waals surface area contributed by atoms with Gasteiger partial charge in [0.05, 0.1) is 6.20 Å². The first kappa shape index (κ1) is 15.1. The molecule has 2 N–H and O–H groups in total. The van der Waals surface area contributed by atoms with Crippen molar-refractivity contribution in [1.29, 1.82) is 5.26 Å². The van der Waals surface area contributed by atoms with Crippen LogP contribution in [-0.2, 0) is 6.42 Å². The van der Waals surface area contributed by atoms with Gasteiger partial charge in [0.2, 0.25) is 0 Å². The number of carbonyl (C=O) groups excluding carboxylic acids is 1. The highest BCUT2D eigenvalue weighted by Crippen LogP contribution is 2.35. The molecule has 2 amide bonds. The highest BCUT2D eigenvalue weighted by Gasteiger charge is 2.30. The lowest BCUT2D eigenvalue weighted by molar-refractivity contribution is 0.254. The van der Waals surface area contributed by atoms with E-state index in [-0.39, 0.29) is 6.03 Å². The van der Waals surface area contributed by atoms with Crippen molar-refractivity contribution in [3.8, 4) is 6.07 Å². The maximum absolute atomic E-state index is 11.7. The molecule has 0 saturated heterocycles.